The number of hydrogen-bond donors (Lipinski definition) is 1. The highest BCUT2D eigenvalue weighted by Gasteiger charge is 2.12. The van der Waals surface area contributed by atoms with E-state index in [0.717, 1.165) is 0 Å². The van der Waals surface area contributed by atoms with Crippen LogP contribution in [-0.4, -0.2) is 36.6 Å². The van der Waals surface area contributed by atoms with Crippen LogP contribution < -0.4 is 0 Å². The van der Waals surface area contributed by atoms with Crippen molar-refractivity contribution in [3.63, 3.8) is 0 Å². The summed E-state index contributed by atoms with van der Waals surface area (Å²) in [6.45, 7) is 0.0269. The van der Waals surface area contributed by atoms with Crippen LogP contribution in [0, 0.1) is 5.21 Å². The Bertz CT molecular complexity index is 188. The molecule has 0 aromatic carbocycles. The standard InChI is InChI=1S/C6H8BNO2/c7-5-1-2-6(4-9)8(10)3-5/h1-2,5,9H,3-4H2. The molecule has 1 aliphatic rings. The van der Waals surface area contributed by atoms with Gasteiger partial charge in [-0.05, 0) is 5.82 Å². The molecule has 0 saturated carbocycles. The maximum Gasteiger partial charge on any atom is 0.212 e. The molecule has 1 unspecified atom stereocenters. The van der Waals surface area contributed by atoms with Crippen molar-refractivity contribution in [2.75, 3.05) is 13.2 Å². The first kappa shape index (κ1) is 7.34. The predicted molar refractivity (Wildman–Crippen MR) is 39.2 cm³/mol. The third kappa shape index (κ3) is 1.39. The molecular formula is C6H8BNO2. The van der Waals surface area contributed by atoms with Crippen LogP contribution in [0.2, 0.25) is 5.82 Å². The average molecular weight is 137 g/mol. The first-order chi connectivity index (χ1) is 4.74. The monoisotopic (exact) mass is 137 g/mol. The van der Waals surface area contributed by atoms with Gasteiger partial charge in [0, 0.05) is 6.08 Å². The molecule has 1 aliphatic heterocycles. The van der Waals surface area contributed by atoms with Crippen LogP contribution in [0.5, 0.6) is 0 Å². The van der Waals surface area contributed by atoms with Crippen molar-refractivity contribution in [2.24, 2.45) is 0 Å². The first-order valence-corrected chi connectivity index (χ1v) is 3.09. The maximum absolute atomic E-state index is 10.8. The zero-order valence-corrected chi connectivity index (χ0v) is 5.53. The molecule has 0 amide bonds. The minimum absolute atomic E-state index is 0.201. The molecule has 1 rings (SSSR count). The van der Waals surface area contributed by atoms with Crippen molar-refractivity contribution in [1.29, 1.82) is 0 Å². The van der Waals surface area contributed by atoms with Crippen LogP contribution in [0.25, 0.3) is 0 Å². The van der Waals surface area contributed by atoms with Gasteiger partial charge in [0.15, 0.2) is 6.54 Å². The van der Waals surface area contributed by atoms with E-state index in [4.69, 9.17) is 13.0 Å². The molecule has 0 fully saturated rings. The molecule has 0 aromatic rings. The molecule has 0 aromatic heterocycles. The molecule has 0 bridgehead atoms. The van der Waals surface area contributed by atoms with Crippen molar-refractivity contribution < 1.29 is 9.85 Å². The highest BCUT2D eigenvalue weighted by atomic mass is 16.5. The molecule has 1 heterocycles. The molecule has 1 atom stereocenters. The summed E-state index contributed by atoms with van der Waals surface area (Å²) in [4.78, 5) is 0. The molecule has 1 N–H and O–H groups in total. The SMILES string of the molecule is [B]C1C=CC(CO)=[N+]([O-])C1. The molecule has 52 valence electrons. The topological polar surface area (TPSA) is 46.3 Å². The molecule has 4 heteroatoms. The molecule has 0 saturated heterocycles. The number of aliphatic hydroxyl groups excluding tert-OH is 1. The van der Waals surface area contributed by atoms with E-state index in [0.29, 0.717) is 10.5 Å². The van der Waals surface area contributed by atoms with Crippen LogP contribution >= 0.6 is 0 Å². The molecule has 0 spiro atoms. The Kier molecular flexibility index (Phi) is 2.11. The predicted octanol–water partition coefficient (Wildman–Crippen LogP) is -0.543. The molecule has 0 aliphatic carbocycles. The lowest BCUT2D eigenvalue weighted by atomic mass is 9.85. The lowest BCUT2D eigenvalue weighted by Gasteiger charge is -2.14. The summed E-state index contributed by atoms with van der Waals surface area (Å²) in [5, 5.41) is 19.4. The molecule has 10 heavy (non-hydrogen) atoms. The summed E-state index contributed by atoms with van der Waals surface area (Å²) < 4.78 is 0.713. The van der Waals surface area contributed by atoms with E-state index in [1.54, 1.807) is 12.2 Å². The van der Waals surface area contributed by atoms with E-state index in [-0.39, 0.29) is 19.0 Å². The van der Waals surface area contributed by atoms with Gasteiger partial charge in [0.25, 0.3) is 0 Å². The smallest absolute Gasteiger partial charge is 0.212 e. The van der Waals surface area contributed by atoms with Crippen LogP contribution in [0.4, 0.5) is 0 Å². The van der Waals surface area contributed by atoms with Gasteiger partial charge in [-0.3, -0.25) is 0 Å². The molecule has 2 radical (unpaired) electrons. The Morgan fingerprint density at radius 3 is 3.10 bits per heavy atom. The summed E-state index contributed by atoms with van der Waals surface area (Å²) in [6.07, 6.45) is 3.26. The summed E-state index contributed by atoms with van der Waals surface area (Å²) in [5.74, 6) is -0.201. The minimum Gasteiger partial charge on any atom is -0.624 e. The van der Waals surface area contributed by atoms with Gasteiger partial charge in [0.05, 0.1) is 7.85 Å². The second-order valence-corrected chi connectivity index (χ2v) is 2.23. The van der Waals surface area contributed by atoms with Crippen LogP contribution in [0.3, 0.4) is 0 Å². The van der Waals surface area contributed by atoms with E-state index >= 15 is 0 Å². The third-order valence-corrected chi connectivity index (χ3v) is 1.39. The van der Waals surface area contributed by atoms with Gasteiger partial charge < -0.3 is 10.3 Å². The van der Waals surface area contributed by atoms with Crippen LogP contribution in [-0.2, 0) is 0 Å². The highest BCUT2D eigenvalue weighted by molar-refractivity contribution is 6.13. The zero-order valence-electron chi connectivity index (χ0n) is 5.53. The number of nitrogens with zero attached hydrogens (tertiary/aromatic N) is 1. The zero-order chi connectivity index (χ0) is 7.56. The lowest BCUT2D eigenvalue weighted by Crippen LogP contribution is -2.24. The summed E-state index contributed by atoms with van der Waals surface area (Å²) in [6, 6.07) is 0. The van der Waals surface area contributed by atoms with Crippen LogP contribution in [0.1, 0.15) is 0 Å². The third-order valence-electron chi connectivity index (χ3n) is 1.39. The van der Waals surface area contributed by atoms with Gasteiger partial charge in [-0.25, -0.2) is 4.74 Å². The largest absolute Gasteiger partial charge is 0.624 e. The normalized spacial score (nSPS) is 25.5. The van der Waals surface area contributed by atoms with E-state index in [1.165, 1.54) is 0 Å². The maximum atomic E-state index is 10.8. The first-order valence-electron chi connectivity index (χ1n) is 3.09. The van der Waals surface area contributed by atoms with Crippen molar-refractivity contribution in [3.05, 3.63) is 17.4 Å². The lowest BCUT2D eigenvalue weighted by molar-refractivity contribution is -0.458. The van der Waals surface area contributed by atoms with Gasteiger partial charge in [-0.15, -0.1) is 0 Å². The second kappa shape index (κ2) is 2.88. The Labute approximate surface area is 60.7 Å². The van der Waals surface area contributed by atoms with Crippen molar-refractivity contribution >= 4 is 13.6 Å². The minimum atomic E-state index is -0.216. The number of hydroxylamine groups is 1. The van der Waals surface area contributed by atoms with E-state index in [9.17, 15) is 5.21 Å². The summed E-state index contributed by atoms with van der Waals surface area (Å²) >= 11 is 0. The summed E-state index contributed by atoms with van der Waals surface area (Å²) in [5.41, 5.74) is 0.377. The Morgan fingerprint density at radius 1 is 1.90 bits per heavy atom. The van der Waals surface area contributed by atoms with E-state index in [1.807, 2.05) is 0 Å². The van der Waals surface area contributed by atoms with Gasteiger partial charge >= 0.3 is 0 Å². The molecule has 3 nitrogen and oxygen atoms in total. The highest BCUT2D eigenvalue weighted by Crippen LogP contribution is 2.06. The Hall–Kier alpha value is -0.765. The van der Waals surface area contributed by atoms with Crippen molar-refractivity contribution in [2.45, 2.75) is 5.82 Å². The van der Waals surface area contributed by atoms with Crippen LogP contribution in [0.15, 0.2) is 12.2 Å². The van der Waals surface area contributed by atoms with Gasteiger partial charge in [0.2, 0.25) is 5.71 Å². The summed E-state index contributed by atoms with van der Waals surface area (Å²) in [7, 11) is 5.42. The number of rotatable bonds is 1. The second-order valence-electron chi connectivity index (χ2n) is 2.23. The van der Waals surface area contributed by atoms with E-state index in [2.05, 4.69) is 0 Å². The Morgan fingerprint density at radius 2 is 2.60 bits per heavy atom. The van der Waals surface area contributed by atoms with Crippen molar-refractivity contribution in [1.82, 2.24) is 0 Å². The molecular weight excluding hydrogens is 129 g/mol. The Balaban J connectivity index is 2.73. The van der Waals surface area contributed by atoms with Gasteiger partial charge in [-0.1, -0.05) is 6.08 Å². The quantitative estimate of drug-likeness (QED) is 0.299. The number of hydrogen-bond acceptors (Lipinski definition) is 2. The fraction of sp³-hybridized carbons (Fsp3) is 0.500. The van der Waals surface area contributed by atoms with Gasteiger partial charge in [-0.2, -0.15) is 0 Å². The fourth-order valence-electron chi connectivity index (χ4n) is 0.819. The fourth-order valence-corrected chi connectivity index (χ4v) is 0.819. The average Bonchev–Trinajstić information content (AvgIpc) is 1.88. The number of aliphatic hydroxyl groups is 1. The van der Waals surface area contributed by atoms with E-state index < -0.39 is 0 Å². The van der Waals surface area contributed by atoms with Gasteiger partial charge in [0.1, 0.15) is 6.61 Å². The van der Waals surface area contributed by atoms with Crippen molar-refractivity contribution in [3.8, 4) is 0 Å².